The number of anilines is 1. The maximum atomic E-state index is 12.2. The molecule has 110 valence electrons. The Bertz CT molecular complexity index is 657. The van der Waals surface area contributed by atoms with E-state index in [9.17, 15) is 4.79 Å². The number of amides is 1. The summed E-state index contributed by atoms with van der Waals surface area (Å²) in [6, 6.07) is 10.6. The molecule has 21 heavy (non-hydrogen) atoms. The Morgan fingerprint density at radius 3 is 2.19 bits per heavy atom. The number of hydrogen-bond acceptors (Lipinski definition) is 3. The predicted octanol–water partition coefficient (Wildman–Crippen LogP) is 4.48. The summed E-state index contributed by atoms with van der Waals surface area (Å²) in [7, 11) is 3.11. The zero-order chi connectivity index (χ0) is 15.4. The summed E-state index contributed by atoms with van der Waals surface area (Å²) < 4.78 is 12.2. The lowest BCUT2D eigenvalue weighted by Crippen LogP contribution is -2.12. The van der Waals surface area contributed by atoms with Gasteiger partial charge in [-0.3, -0.25) is 4.79 Å². The van der Waals surface area contributed by atoms with Crippen LogP contribution in [0.5, 0.6) is 11.5 Å². The average molecular weight is 415 g/mol. The van der Waals surface area contributed by atoms with Crippen LogP contribution in [-0.2, 0) is 0 Å². The van der Waals surface area contributed by atoms with Crippen molar-refractivity contribution in [1.82, 2.24) is 0 Å². The molecule has 2 rings (SSSR count). The Hall–Kier alpha value is -1.53. The molecule has 0 bridgehead atoms. The second kappa shape index (κ2) is 6.95. The van der Waals surface area contributed by atoms with Crippen LogP contribution in [0.4, 0.5) is 5.69 Å². The van der Waals surface area contributed by atoms with Crippen molar-refractivity contribution in [1.29, 1.82) is 0 Å². The number of halogens is 2. The van der Waals surface area contributed by atoms with Crippen molar-refractivity contribution in [3.63, 3.8) is 0 Å². The molecule has 2 aromatic rings. The SMILES string of the molecule is COc1cc(NC(=O)c2ccc(Br)cc2)c(OC)cc1Br. The topological polar surface area (TPSA) is 47.6 Å². The molecule has 0 fully saturated rings. The van der Waals surface area contributed by atoms with Gasteiger partial charge in [-0.1, -0.05) is 15.9 Å². The van der Waals surface area contributed by atoms with Crippen LogP contribution in [0, 0.1) is 0 Å². The van der Waals surface area contributed by atoms with Gasteiger partial charge in [0.25, 0.3) is 5.91 Å². The number of carbonyl (C=O) groups excluding carboxylic acids is 1. The van der Waals surface area contributed by atoms with E-state index in [1.165, 1.54) is 0 Å². The van der Waals surface area contributed by atoms with Crippen LogP contribution >= 0.6 is 31.9 Å². The Morgan fingerprint density at radius 1 is 1.00 bits per heavy atom. The summed E-state index contributed by atoms with van der Waals surface area (Å²) in [6.45, 7) is 0. The molecule has 1 amide bonds. The number of carbonyl (C=O) groups is 1. The van der Waals surface area contributed by atoms with Crippen molar-refractivity contribution in [2.75, 3.05) is 19.5 Å². The highest BCUT2D eigenvalue weighted by atomic mass is 79.9. The zero-order valence-corrected chi connectivity index (χ0v) is 14.6. The molecule has 0 saturated heterocycles. The fourth-order valence-corrected chi connectivity index (χ4v) is 2.50. The van der Waals surface area contributed by atoms with E-state index < -0.39 is 0 Å². The third-order valence-corrected chi connectivity index (χ3v) is 3.98. The van der Waals surface area contributed by atoms with E-state index in [1.54, 1.807) is 38.5 Å². The summed E-state index contributed by atoms with van der Waals surface area (Å²) in [6.07, 6.45) is 0. The fourth-order valence-electron chi connectivity index (χ4n) is 1.75. The number of ether oxygens (including phenoxy) is 2. The molecule has 0 aliphatic heterocycles. The van der Waals surface area contributed by atoms with Gasteiger partial charge in [0, 0.05) is 22.2 Å². The Morgan fingerprint density at radius 2 is 1.62 bits per heavy atom. The summed E-state index contributed by atoms with van der Waals surface area (Å²) in [5, 5.41) is 2.82. The molecule has 1 N–H and O–H groups in total. The van der Waals surface area contributed by atoms with Gasteiger partial charge in [0.1, 0.15) is 11.5 Å². The first-order valence-corrected chi connectivity index (χ1v) is 7.62. The van der Waals surface area contributed by atoms with E-state index in [2.05, 4.69) is 37.2 Å². The monoisotopic (exact) mass is 413 g/mol. The molecule has 6 heteroatoms. The minimum atomic E-state index is -0.217. The lowest BCUT2D eigenvalue weighted by atomic mass is 10.2. The average Bonchev–Trinajstić information content (AvgIpc) is 2.49. The van der Waals surface area contributed by atoms with Crippen molar-refractivity contribution < 1.29 is 14.3 Å². The van der Waals surface area contributed by atoms with Crippen molar-refractivity contribution in [2.45, 2.75) is 0 Å². The highest BCUT2D eigenvalue weighted by Gasteiger charge is 2.13. The van der Waals surface area contributed by atoms with Crippen molar-refractivity contribution in [2.24, 2.45) is 0 Å². The van der Waals surface area contributed by atoms with E-state index >= 15 is 0 Å². The minimum absolute atomic E-state index is 0.217. The van der Waals surface area contributed by atoms with Crippen LogP contribution in [-0.4, -0.2) is 20.1 Å². The molecule has 0 heterocycles. The van der Waals surface area contributed by atoms with E-state index in [1.807, 2.05) is 12.1 Å². The van der Waals surface area contributed by atoms with Gasteiger partial charge in [-0.25, -0.2) is 0 Å². The summed E-state index contributed by atoms with van der Waals surface area (Å²) >= 11 is 6.72. The van der Waals surface area contributed by atoms with Gasteiger partial charge >= 0.3 is 0 Å². The van der Waals surface area contributed by atoms with Crippen LogP contribution in [0.1, 0.15) is 10.4 Å². The van der Waals surface area contributed by atoms with Gasteiger partial charge in [-0.15, -0.1) is 0 Å². The number of hydrogen-bond donors (Lipinski definition) is 1. The highest BCUT2D eigenvalue weighted by molar-refractivity contribution is 9.10. The van der Waals surface area contributed by atoms with Crippen molar-refractivity contribution in [3.05, 3.63) is 50.9 Å². The normalized spacial score (nSPS) is 10.1. The number of rotatable bonds is 4. The van der Waals surface area contributed by atoms with Crippen LogP contribution in [0.25, 0.3) is 0 Å². The third-order valence-electron chi connectivity index (χ3n) is 2.83. The van der Waals surface area contributed by atoms with Gasteiger partial charge in [-0.2, -0.15) is 0 Å². The van der Waals surface area contributed by atoms with Gasteiger partial charge in [-0.05, 0) is 40.2 Å². The van der Waals surface area contributed by atoms with E-state index in [-0.39, 0.29) is 5.91 Å². The van der Waals surface area contributed by atoms with Crippen LogP contribution in [0.2, 0.25) is 0 Å². The maximum Gasteiger partial charge on any atom is 0.255 e. The molecule has 0 aromatic heterocycles. The van der Waals surface area contributed by atoms with Gasteiger partial charge < -0.3 is 14.8 Å². The number of benzene rings is 2. The predicted molar refractivity (Wildman–Crippen MR) is 89.3 cm³/mol. The standard InChI is InChI=1S/C15H13Br2NO3/c1-20-13-8-12(14(21-2)7-11(13)17)18-15(19)9-3-5-10(16)6-4-9/h3-8H,1-2H3,(H,18,19). The first-order chi connectivity index (χ1) is 10.0. The second-order valence-corrected chi connectivity index (χ2v) is 5.92. The van der Waals surface area contributed by atoms with Gasteiger partial charge in [0.2, 0.25) is 0 Å². The number of methoxy groups -OCH3 is 2. The Balaban J connectivity index is 2.29. The molecule has 0 radical (unpaired) electrons. The van der Waals surface area contributed by atoms with Crippen LogP contribution in [0.15, 0.2) is 45.3 Å². The molecule has 0 unspecified atom stereocenters. The molecule has 0 spiro atoms. The van der Waals surface area contributed by atoms with E-state index in [0.29, 0.717) is 22.7 Å². The summed E-state index contributed by atoms with van der Waals surface area (Å²) in [5.74, 6) is 0.945. The molecule has 0 aliphatic carbocycles. The highest BCUT2D eigenvalue weighted by Crippen LogP contribution is 2.36. The second-order valence-electron chi connectivity index (χ2n) is 4.15. The van der Waals surface area contributed by atoms with Crippen LogP contribution in [0.3, 0.4) is 0 Å². The smallest absolute Gasteiger partial charge is 0.255 e. The van der Waals surface area contributed by atoms with E-state index in [0.717, 1.165) is 8.95 Å². The number of nitrogens with one attached hydrogen (secondary N) is 1. The van der Waals surface area contributed by atoms with Crippen molar-refractivity contribution >= 4 is 43.5 Å². The maximum absolute atomic E-state index is 12.2. The summed E-state index contributed by atoms with van der Waals surface area (Å²) in [5.41, 5.74) is 1.10. The molecule has 0 aliphatic rings. The van der Waals surface area contributed by atoms with Crippen LogP contribution < -0.4 is 14.8 Å². The minimum Gasteiger partial charge on any atom is -0.495 e. The van der Waals surface area contributed by atoms with E-state index in [4.69, 9.17) is 9.47 Å². The third kappa shape index (κ3) is 3.77. The zero-order valence-electron chi connectivity index (χ0n) is 11.4. The fraction of sp³-hybridized carbons (Fsp3) is 0.133. The molecule has 2 aromatic carbocycles. The first-order valence-electron chi connectivity index (χ1n) is 6.03. The Labute approximate surface area is 139 Å². The molecule has 0 saturated carbocycles. The summed E-state index contributed by atoms with van der Waals surface area (Å²) in [4.78, 5) is 12.2. The molecular formula is C15H13Br2NO3. The first kappa shape index (κ1) is 15.9. The van der Waals surface area contributed by atoms with Gasteiger partial charge in [0.05, 0.1) is 24.4 Å². The molecular weight excluding hydrogens is 402 g/mol. The lowest BCUT2D eigenvalue weighted by molar-refractivity contribution is 0.102. The lowest BCUT2D eigenvalue weighted by Gasteiger charge is -2.13. The largest absolute Gasteiger partial charge is 0.495 e. The molecule has 0 atom stereocenters. The van der Waals surface area contributed by atoms with Crippen molar-refractivity contribution in [3.8, 4) is 11.5 Å². The molecule has 4 nitrogen and oxygen atoms in total. The Kier molecular flexibility index (Phi) is 5.25. The quantitative estimate of drug-likeness (QED) is 0.802. The van der Waals surface area contributed by atoms with Gasteiger partial charge in [0.15, 0.2) is 0 Å².